The molecule has 0 aromatic rings. The maximum absolute atomic E-state index is 12.6. The Balaban J connectivity index is 4.45. The first kappa shape index (κ1) is 47.4. The van der Waals surface area contributed by atoms with Crippen LogP contribution in [-0.4, -0.2) is 37.2 Å². The normalized spacial score (nSPS) is 12.5. The van der Waals surface area contributed by atoms with Gasteiger partial charge in [-0.3, -0.25) is 14.4 Å². The van der Waals surface area contributed by atoms with Crippen LogP contribution >= 0.6 is 0 Å². The van der Waals surface area contributed by atoms with Crippen molar-refractivity contribution in [3.63, 3.8) is 0 Å². The molecule has 288 valence electrons. The molecule has 0 aliphatic heterocycles. The number of rotatable bonds is 36. The summed E-state index contributed by atoms with van der Waals surface area (Å²) in [6.07, 6.45) is 43.8. The highest BCUT2D eigenvalue weighted by molar-refractivity contribution is 5.71. The minimum atomic E-state index is -0.787. The van der Waals surface area contributed by atoms with Gasteiger partial charge in [-0.25, -0.2) is 0 Å². The minimum Gasteiger partial charge on any atom is -0.462 e. The summed E-state index contributed by atoms with van der Waals surface area (Å²) in [4.78, 5) is 37.5. The Hall–Kier alpha value is -2.63. The minimum absolute atomic E-state index is 0.0892. The molecule has 0 aliphatic rings. The Morgan fingerprint density at radius 2 is 0.800 bits per heavy atom. The van der Waals surface area contributed by atoms with Crippen LogP contribution < -0.4 is 0 Å². The van der Waals surface area contributed by atoms with Crippen molar-refractivity contribution in [3.05, 3.63) is 48.6 Å². The van der Waals surface area contributed by atoms with Crippen LogP contribution in [-0.2, 0) is 28.6 Å². The largest absolute Gasteiger partial charge is 0.462 e. The van der Waals surface area contributed by atoms with Crippen molar-refractivity contribution in [1.82, 2.24) is 0 Å². The first-order valence-corrected chi connectivity index (χ1v) is 20.6. The molecule has 0 amide bonds. The Morgan fingerprint density at radius 1 is 0.420 bits per heavy atom. The Labute approximate surface area is 307 Å². The average Bonchev–Trinajstić information content (AvgIpc) is 3.11. The van der Waals surface area contributed by atoms with Gasteiger partial charge in [0.2, 0.25) is 0 Å². The number of ether oxygens (including phenoxy) is 3. The van der Waals surface area contributed by atoms with Crippen LogP contribution in [0.3, 0.4) is 0 Å². The summed E-state index contributed by atoms with van der Waals surface area (Å²) in [7, 11) is 0. The van der Waals surface area contributed by atoms with Gasteiger partial charge < -0.3 is 14.2 Å². The van der Waals surface area contributed by atoms with Crippen LogP contribution in [0, 0.1) is 0 Å². The lowest BCUT2D eigenvalue weighted by Gasteiger charge is -2.18. The van der Waals surface area contributed by atoms with Crippen LogP contribution in [0.2, 0.25) is 0 Å². The van der Waals surface area contributed by atoms with E-state index in [1.54, 1.807) is 0 Å². The Kier molecular flexibility index (Phi) is 37.1. The molecule has 0 heterocycles. The Bertz CT molecular complexity index is 902. The van der Waals surface area contributed by atoms with Crippen molar-refractivity contribution >= 4 is 17.9 Å². The van der Waals surface area contributed by atoms with Crippen molar-refractivity contribution < 1.29 is 28.6 Å². The SMILES string of the molecule is CC/C=C\C/C=C\C/C=C\CCCCC(=O)OCC(COC(=O)CCCCCCCCCCCC)OC(=O)CCCCCC/C=C\CCCC. The van der Waals surface area contributed by atoms with Crippen molar-refractivity contribution in [3.8, 4) is 0 Å². The third-order valence-electron chi connectivity index (χ3n) is 8.57. The van der Waals surface area contributed by atoms with E-state index in [4.69, 9.17) is 14.2 Å². The lowest BCUT2D eigenvalue weighted by atomic mass is 10.1. The molecule has 0 rings (SSSR count). The number of allylic oxidation sites excluding steroid dienone is 8. The number of esters is 3. The summed E-state index contributed by atoms with van der Waals surface area (Å²) >= 11 is 0. The second-order valence-corrected chi connectivity index (χ2v) is 13.5. The van der Waals surface area contributed by atoms with Gasteiger partial charge in [-0.1, -0.05) is 153 Å². The lowest BCUT2D eigenvalue weighted by molar-refractivity contribution is -0.167. The topological polar surface area (TPSA) is 78.9 Å². The summed E-state index contributed by atoms with van der Waals surface area (Å²) in [5.41, 5.74) is 0. The van der Waals surface area contributed by atoms with E-state index in [-0.39, 0.29) is 31.1 Å². The first-order valence-electron chi connectivity index (χ1n) is 20.6. The molecule has 0 aromatic carbocycles. The highest BCUT2D eigenvalue weighted by Gasteiger charge is 2.19. The first-order chi connectivity index (χ1) is 24.5. The zero-order chi connectivity index (χ0) is 36.6. The van der Waals surface area contributed by atoms with E-state index in [1.165, 1.54) is 57.8 Å². The smallest absolute Gasteiger partial charge is 0.306 e. The zero-order valence-electron chi connectivity index (χ0n) is 32.7. The second kappa shape index (κ2) is 39.2. The molecule has 0 bridgehead atoms. The number of carbonyl (C=O) groups excluding carboxylic acids is 3. The van der Waals surface area contributed by atoms with Crippen LogP contribution in [0.1, 0.15) is 194 Å². The zero-order valence-corrected chi connectivity index (χ0v) is 32.7. The third kappa shape index (κ3) is 36.6. The van der Waals surface area contributed by atoms with E-state index in [9.17, 15) is 14.4 Å². The fourth-order valence-electron chi connectivity index (χ4n) is 5.43. The molecule has 1 atom stereocenters. The van der Waals surface area contributed by atoms with Crippen LogP contribution in [0.25, 0.3) is 0 Å². The molecule has 0 aromatic heterocycles. The van der Waals surface area contributed by atoms with E-state index in [1.807, 2.05) is 0 Å². The van der Waals surface area contributed by atoms with Gasteiger partial charge >= 0.3 is 17.9 Å². The van der Waals surface area contributed by atoms with Crippen LogP contribution in [0.4, 0.5) is 0 Å². The molecule has 0 fully saturated rings. The standard InChI is InChI=1S/C44H76O6/c1-4-7-10-13-16-19-22-23-26-28-31-34-37-43(46)49-40-41(50-44(47)38-35-32-29-25-21-18-15-12-9-6-3)39-48-42(45)36-33-30-27-24-20-17-14-11-8-5-2/h7,10,15-16,18-19,23,26,41H,4-6,8-9,11-14,17,20-22,24-25,27-40H2,1-3H3/b10-7-,18-15-,19-16-,26-23-. The molecule has 1 unspecified atom stereocenters. The molecule has 6 nitrogen and oxygen atoms in total. The van der Waals surface area contributed by atoms with Gasteiger partial charge in [-0.05, 0) is 70.6 Å². The van der Waals surface area contributed by atoms with Crippen molar-refractivity contribution in [2.75, 3.05) is 13.2 Å². The number of unbranched alkanes of at least 4 members (excludes halogenated alkanes) is 17. The van der Waals surface area contributed by atoms with Crippen molar-refractivity contribution in [1.29, 1.82) is 0 Å². The maximum Gasteiger partial charge on any atom is 0.306 e. The highest BCUT2D eigenvalue weighted by atomic mass is 16.6. The van der Waals surface area contributed by atoms with Gasteiger partial charge in [0.25, 0.3) is 0 Å². The van der Waals surface area contributed by atoms with Crippen LogP contribution in [0.5, 0.6) is 0 Å². The van der Waals surface area contributed by atoms with E-state index < -0.39 is 6.10 Å². The molecule has 0 N–H and O–H groups in total. The predicted octanol–water partition coefficient (Wildman–Crippen LogP) is 12.8. The number of hydrogen-bond acceptors (Lipinski definition) is 6. The fraction of sp³-hybridized carbons (Fsp3) is 0.750. The fourth-order valence-corrected chi connectivity index (χ4v) is 5.43. The summed E-state index contributed by atoms with van der Waals surface area (Å²) in [5, 5.41) is 0. The van der Waals surface area contributed by atoms with Gasteiger partial charge in [0.15, 0.2) is 6.10 Å². The number of carbonyl (C=O) groups is 3. The number of hydrogen-bond donors (Lipinski definition) is 0. The molecular weight excluding hydrogens is 624 g/mol. The van der Waals surface area contributed by atoms with Gasteiger partial charge in [0.1, 0.15) is 13.2 Å². The van der Waals surface area contributed by atoms with E-state index in [2.05, 4.69) is 69.4 Å². The second-order valence-electron chi connectivity index (χ2n) is 13.5. The molecule has 0 saturated heterocycles. The average molecular weight is 701 g/mol. The van der Waals surface area contributed by atoms with Crippen LogP contribution in [0.15, 0.2) is 48.6 Å². The van der Waals surface area contributed by atoms with E-state index in [0.717, 1.165) is 96.3 Å². The van der Waals surface area contributed by atoms with Crippen molar-refractivity contribution in [2.45, 2.75) is 200 Å². The Morgan fingerprint density at radius 3 is 1.34 bits per heavy atom. The molecule has 50 heavy (non-hydrogen) atoms. The third-order valence-corrected chi connectivity index (χ3v) is 8.57. The van der Waals surface area contributed by atoms with Gasteiger partial charge in [0.05, 0.1) is 0 Å². The van der Waals surface area contributed by atoms with Crippen molar-refractivity contribution in [2.24, 2.45) is 0 Å². The van der Waals surface area contributed by atoms with Gasteiger partial charge in [0, 0.05) is 19.3 Å². The predicted molar refractivity (Wildman–Crippen MR) is 210 cm³/mol. The van der Waals surface area contributed by atoms with E-state index in [0.29, 0.717) is 19.3 Å². The maximum atomic E-state index is 12.6. The quantitative estimate of drug-likeness (QED) is 0.0280. The summed E-state index contributed by atoms with van der Waals surface area (Å²) in [6, 6.07) is 0. The van der Waals surface area contributed by atoms with Gasteiger partial charge in [-0.2, -0.15) is 0 Å². The molecule has 0 aliphatic carbocycles. The van der Waals surface area contributed by atoms with E-state index >= 15 is 0 Å². The lowest BCUT2D eigenvalue weighted by Crippen LogP contribution is -2.30. The molecule has 0 radical (unpaired) electrons. The molecular formula is C44H76O6. The summed E-state index contributed by atoms with van der Waals surface area (Å²) in [6.45, 7) is 6.39. The molecule has 6 heteroatoms. The van der Waals surface area contributed by atoms with Gasteiger partial charge in [-0.15, -0.1) is 0 Å². The molecule has 0 spiro atoms. The summed E-state index contributed by atoms with van der Waals surface area (Å²) in [5.74, 6) is -0.952. The molecule has 0 saturated carbocycles. The highest BCUT2D eigenvalue weighted by Crippen LogP contribution is 2.13. The summed E-state index contributed by atoms with van der Waals surface area (Å²) < 4.78 is 16.6. The monoisotopic (exact) mass is 701 g/mol.